The molecule has 0 aromatic carbocycles. The zero-order valence-corrected chi connectivity index (χ0v) is 7.32. The maximum Gasteiger partial charge on any atom is 0.114 e. The van der Waals surface area contributed by atoms with Crippen LogP contribution in [-0.4, -0.2) is 25.2 Å². The van der Waals surface area contributed by atoms with E-state index in [9.17, 15) is 0 Å². The Kier molecular flexibility index (Phi) is 2.98. The molecule has 0 saturated carbocycles. The lowest BCUT2D eigenvalue weighted by Gasteiger charge is -1.98. The summed E-state index contributed by atoms with van der Waals surface area (Å²) >= 11 is 3.16. The number of aromatic nitrogens is 3. The van der Waals surface area contributed by atoms with Gasteiger partial charge in [-0.1, -0.05) is 21.1 Å². The Labute approximate surface area is 71.8 Å². The summed E-state index contributed by atoms with van der Waals surface area (Å²) in [4.78, 5) is 0. The van der Waals surface area contributed by atoms with Crippen molar-refractivity contribution in [1.82, 2.24) is 15.0 Å². The largest absolute Gasteiger partial charge is 0.390 e. The Hall–Kier alpha value is -0.460. The molecule has 0 aliphatic rings. The first-order valence-corrected chi connectivity index (χ1v) is 4.14. The normalized spacial score (nSPS) is 10.5. The van der Waals surface area contributed by atoms with Gasteiger partial charge in [0.2, 0.25) is 0 Å². The Morgan fingerprint density at radius 1 is 1.36 bits per heavy atom. The standard InChI is InChI=1S/C5H8BrN3O2/c6-3-9-5(2-11)4(1-10)7-8-9/h10-11H,1-3H2. The lowest BCUT2D eigenvalue weighted by molar-refractivity contribution is 0.251. The van der Waals surface area contributed by atoms with Crippen LogP contribution in [0.2, 0.25) is 0 Å². The maximum absolute atomic E-state index is 8.82. The molecule has 0 bridgehead atoms. The van der Waals surface area contributed by atoms with Crippen molar-refractivity contribution < 1.29 is 10.2 Å². The molecule has 1 rings (SSSR count). The Bertz CT molecular complexity index is 216. The molecular weight excluding hydrogens is 214 g/mol. The van der Waals surface area contributed by atoms with Gasteiger partial charge in [-0.05, 0) is 0 Å². The van der Waals surface area contributed by atoms with Crippen LogP contribution in [0.15, 0.2) is 0 Å². The molecule has 62 valence electrons. The fourth-order valence-electron chi connectivity index (χ4n) is 0.760. The topological polar surface area (TPSA) is 71.2 Å². The third kappa shape index (κ3) is 1.58. The molecular formula is C5H8BrN3O2. The molecule has 0 amide bonds. The van der Waals surface area contributed by atoms with Crippen molar-refractivity contribution in [2.24, 2.45) is 0 Å². The van der Waals surface area contributed by atoms with Gasteiger partial charge in [0.25, 0.3) is 0 Å². The molecule has 0 radical (unpaired) electrons. The van der Waals surface area contributed by atoms with Crippen LogP contribution >= 0.6 is 15.9 Å². The molecule has 0 saturated heterocycles. The van der Waals surface area contributed by atoms with E-state index in [0.717, 1.165) is 0 Å². The van der Waals surface area contributed by atoms with Crippen LogP contribution in [0.4, 0.5) is 0 Å². The Morgan fingerprint density at radius 3 is 2.55 bits per heavy atom. The Balaban J connectivity index is 2.99. The molecule has 0 atom stereocenters. The zero-order chi connectivity index (χ0) is 8.27. The summed E-state index contributed by atoms with van der Waals surface area (Å²) in [6, 6.07) is 0. The summed E-state index contributed by atoms with van der Waals surface area (Å²) in [7, 11) is 0. The number of hydrogen-bond donors (Lipinski definition) is 2. The number of halogens is 1. The van der Waals surface area contributed by atoms with Crippen LogP contribution in [0.1, 0.15) is 11.4 Å². The number of hydrogen-bond acceptors (Lipinski definition) is 4. The highest BCUT2D eigenvalue weighted by molar-refractivity contribution is 9.08. The van der Waals surface area contributed by atoms with Crippen molar-refractivity contribution in [1.29, 1.82) is 0 Å². The summed E-state index contributed by atoms with van der Waals surface area (Å²) in [5.74, 6) is 0. The quantitative estimate of drug-likeness (QED) is 0.683. The molecule has 1 heterocycles. The molecule has 0 unspecified atom stereocenters. The van der Waals surface area contributed by atoms with Crippen LogP contribution < -0.4 is 0 Å². The first-order chi connectivity index (χ1) is 5.33. The van der Waals surface area contributed by atoms with Crippen molar-refractivity contribution in [3.63, 3.8) is 0 Å². The van der Waals surface area contributed by atoms with Gasteiger partial charge < -0.3 is 10.2 Å². The lowest BCUT2D eigenvalue weighted by atomic mass is 10.3. The van der Waals surface area contributed by atoms with Gasteiger partial charge in [0.1, 0.15) is 5.69 Å². The predicted molar refractivity (Wildman–Crippen MR) is 40.8 cm³/mol. The monoisotopic (exact) mass is 221 g/mol. The second-order valence-electron chi connectivity index (χ2n) is 1.92. The van der Waals surface area contributed by atoms with Crippen molar-refractivity contribution >= 4 is 15.9 Å². The third-order valence-electron chi connectivity index (χ3n) is 1.33. The fourth-order valence-corrected chi connectivity index (χ4v) is 1.16. The van der Waals surface area contributed by atoms with E-state index in [2.05, 4.69) is 26.2 Å². The molecule has 1 aromatic rings. The van der Waals surface area contributed by atoms with Crippen LogP contribution in [0.3, 0.4) is 0 Å². The smallest absolute Gasteiger partial charge is 0.114 e. The van der Waals surface area contributed by atoms with E-state index < -0.39 is 0 Å². The number of aliphatic hydroxyl groups is 2. The molecule has 0 aliphatic carbocycles. The van der Waals surface area contributed by atoms with Gasteiger partial charge in [0.15, 0.2) is 0 Å². The zero-order valence-electron chi connectivity index (χ0n) is 5.74. The van der Waals surface area contributed by atoms with E-state index in [1.165, 1.54) is 4.68 Å². The van der Waals surface area contributed by atoms with E-state index in [0.29, 0.717) is 16.8 Å². The predicted octanol–water partition coefficient (Wildman–Crippen LogP) is -0.385. The average molecular weight is 222 g/mol. The molecule has 11 heavy (non-hydrogen) atoms. The van der Waals surface area contributed by atoms with Gasteiger partial charge in [-0.2, -0.15) is 0 Å². The van der Waals surface area contributed by atoms with Crippen molar-refractivity contribution in [3.05, 3.63) is 11.4 Å². The SMILES string of the molecule is OCc1nnn(CBr)c1CO. The minimum Gasteiger partial charge on any atom is -0.390 e. The second kappa shape index (κ2) is 3.80. The second-order valence-corrected chi connectivity index (χ2v) is 2.42. The highest BCUT2D eigenvalue weighted by atomic mass is 79.9. The molecule has 5 nitrogen and oxygen atoms in total. The lowest BCUT2D eigenvalue weighted by Crippen LogP contribution is -2.02. The van der Waals surface area contributed by atoms with E-state index in [1.54, 1.807) is 0 Å². The molecule has 2 N–H and O–H groups in total. The highest BCUT2D eigenvalue weighted by Crippen LogP contribution is 2.06. The minimum absolute atomic E-state index is 0.158. The fraction of sp³-hybridized carbons (Fsp3) is 0.600. The van der Waals surface area contributed by atoms with Crippen LogP contribution in [0.5, 0.6) is 0 Å². The maximum atomic E-state index is 8.82. The van der Waals surface area contributed by atoms with Gasteiger partial charge in [-0.25, -0.2) is 4.68 Å². The molecule has 0 spiro atoms. The summed E-state index contributed by atoms with van der Waals surface area (Å²) in [5, 5.41) is 24.9. The molecule has 1 aromatic heterocycles. The summed E-state index contributed by atoms with van der Waals surface area (Å²) in [5.41, 5.74) is 1.44. The van der Waals surface area contributed by atoms with Gasteiger partial charge in [0, 0.05) is 0 Å². The Morgan fingerprint density at radius 2 is 2.09 bits per heavy atom. The first-order valence-electron chi connectivity index (χ1n) is 3.02. The van der Waals surface area contributed by atoms with Crippen molar-refractivity contribution in [2.75, 3.05) is 0 Å². The van der Waals surface area contributed by atoms with Crippen LogP contribution in [0.25, 0.3) is 0 Å². The third-order valence-corrected chi connectivity index (χ3v) is 1.81. The van der Waals surface area contributed by atoms with Gasteiger partial charge >= 0.3 is 0 Å². The van der Waals surface area contributed by atoms with E-state index in [-0.39, 0.29) is 13.2 Å². The van der Waals surface area contributed by atoms with E-state index in [4.69, 9.17) is 10.2 Å². The van der Waals surface area contributed by atoms with Gasteiger partial charge in [-0.3, -0.25) is 0 Å². The molecule has 0 fully saturated rings. The van der Waals surface area contributed by atoms with Crippen LogP contribution in [0, 0.1) is 0 Å². The number of aliphatic hydroxyl groups excluding tert-OH is 2. The number of rotatable bonds is 3. The summed E-state index contributed by atoms with van der Waals surface area (Å²) in [6.45, 7) is -0.350. The highest BCUT2D eigenvalue weighted by Gasteiger charge is 2.08. The van der Waals surface area contributed by atoms with Crippen molar-refractivity contribution in [2.45, 2.75) is 18.7 Å². The number of nitrogens with zero attached hydrogens (tertiary/aromatic N) is 3. The minimum atomic E-state index is -0.192. The van der Waals surface area contributed by atoms with Crippen LogP contribution in [-0.2, 0) is 18.7 Å². The summed E-state index contributed by atoms with van der Waals surface area (Å²) < 4.78 is 1.48. The van der Waals surface area contributed by atoms with E-state index in [1.807, 2.05) is 0 Å². The van der Waals surface area contributed by atoms with Gasteiger partial charge in [0.05, 0.1) is 24.4 Å². The van der Waals surface area contributed by atoms with E-state index >= 15 is 0 Å². The molecule has 6 heteroatoms. The first kappa shape index (κ1) is 8.63. The number of alkyl halides is 1. The average Bonchev–Trinajstić information content (AvgIpc) is 2.45. The van der Waals surface area contributed by atoms with Crippen molar-refractivity contribution in [3.8, 4) is 0 Å². The summed E-state index contributed by atoms with van der Waals surface area (Å²) in [6.07, 6.45) is 0. The van der Waals surface area contributed by atoms with Gasteiger partial charge in [-0.15, -0.1) is 5.10 Å². The molecule has 0 aliphatic heterocycles.